The minimum absolute atomic E-state index is 0.103. The van der Waals surface area contributed by atoms with Crippen molar-refractivity contribution in [2.45, 2.75) is 40.5 Å². The molecule has 0 saturated heterocycles. The summed E-state index contributed by atoms with van der Waals surface area (Å²) in [6.45, 7) is 8.55. The Morgan fingerprint density at radius 3 is 1.44 bits per heavy atom. The first-order chi connectivity index (χ1) is 19.6. The van der Waals surface area contributed by atoms with Crippen molar-refractivity contribution in [2.75, 3.05) is 0 Å². The highest BCUT2D eigenvalue weighted by molar-refractivity contribution is 7.89. The van der Waals surface area contributed by atoms with Gasteiger partial charge in [-0.1, -0.05) is 60.7 Å². The molecule has 1 N–H and O–H groups in total. The number of allylic oxidation sites excluding steroid dienone is 3. The van der Waals surface area contributed by atoms with Gasteiger partial charge in [-0.15, -0.1) is 0 Å². The fourth-order valence-corrected chi connectivity index (χ4v) is 6.32. The quantitative estimate of drug-likeness (QED) is 0.183. The summed E-state index contributed by atoms with van der Waals surface area (Å²) in [5.41, 5.74) is 13.1. The summed E-state index contributed by atoms with van der Waals surface area (Å²) >= 11 is 0. The number of aryl methyl sites for hydroxylation is 4. The van der Waals surface area contributed by atoms with E-state index in [2.05, 4.69) is 88.4 Å². The molecular formula is C37H35O3S+. The summed E-state index contributed by atoms with van der Waals surface area (Å²) in [5, 5.41) is -0.103. The Labute approximate surface area is 244 Å². The number of hydrogen-bond acceptors (Lipinski definition) is 2. The molecule has 1 aliphatic rings. The predicted molar refractivity (Wildman–Crippen MR) is 169 cm³/mol. The second-order valence-electron chi connectivity index (χ2n) is 10.8. The molecule has 0 aliphatic heterocycles. The van der Waals surface area contributed by atoms with Crippen molar-refractivity contribution in [1.82, 2.24) is 0 Å². The Hall–Kier alpha value is -4.12. The molecule has 0 radical (unpaired) electrons. The van der Waals surface area contributed by atoms with Crippen LogP contribution in [0.3, 0.4) is 0 Å². The first-order valence-corrected chi connectivity index (χ1v) is 15.3. The first kappa shape index (κ1) is 28.4. The Morgan fingerprint density at radius 1 is 0.634 bits per heavy atom. The lowest BCUT2D eigenvalue weighted by molar-refractivity contribution is 0.487. The van der Waals surface area contributed by atoms with Gasteiger partial charge in [-0.25, -0.2) is 0 Å². The fourth-order valence-electron chi connectivity index (χ4n) is 5.62. The first-order valence-electron chi connectivity index (χ1n) is 13.8. The van der Waals surface area contributed by atoms with Gasteiger partial charge in [0.05, 0.1) is 5.57 Å². The highest BCUT2D eigenvalue weighted by atomic mass is 32.2. The van der Waals surface area contributed by atoms with Crippen LogP contribution in [0.2, 0.25) is 0 Å². The zero-order valence-corrected chi connectivity index (χ0v) is 24.8. The molecule has 41 heavy (non-hydrogen) atoms. The van der Waals surface area contributed by atoms with Crippen molar-refractivity contribution >= 4 is 15.7 Å². The second kappa shape index (κ2) is 11.8. The van der Waals surface area contributed by atoms with Gasteiger partial charge in [0, 0.05) is 35.4 Å². The van der Waals surface area contributed by atoms with Crippen LogP contribution in [-0.4, -0.2) is 13.0 Å². The molecule has 0 spiro atoms. The smallest absolute Gasteiger partial charge is 0.274 e. The van der Waals surface area contributed by atoms with Gasteiger partial charge in [-0.2, -0.15) is 8.42 Å². The highest BCUT2D eigenvalue weighted by Crippen LogP contribution is 2.37. The number of benzene rings is 4. The van der Waals surface area contributed by atoms with Gasteiger partial charge in [-0.3, -0.25) is 4.55 Å². The Morgan fingerprint density at radius 2 is 1.05 bits per heavy atom. The van der Waals surface area contributed by atoms with E-state index in [0.29, 0.717) is 5.57 Å². The molecule has 0 amide bonds. The van der Waals surface area contributed by atoms with Crippen molar-refractivity contribution in [2.24, 2.45) is 0 Å². The molecule has 4 aromatic carbocycles. The van der Waals surface area contributed by atoms with E-state index in [0.717, 1.165) is 29.5 Å². The van der Waals surface area contributed by atoms with Crippen molar-refractivity contribution < 1.29 is 13.0 Å². The molecule has 4 heteroatoms. The van der Waals surface area contributed by atoms with Crippen LogP contribution in [0.1, 0.15) is 55.6 Å². The van der Waals surface area contributed by atoms with E-state index >= 15 is 0 Å². The monoisotopic (exact) mass is 559 g/mol. The van der Waals surface area contributed by atoms with E-state index in [1.165, 1.54) is 50.6 Å². The minimum Gasteiger partial charge on any atom is -0.274 e. The van der Waals surface area contributed by atoms with Crippen LogP contribution in [0.5, 0.6) is 0 Å². The van der Waals surface area contributed by atoms with E-state index < -0.39 is 10.1 Å². The predicted octanol–water partition coefficient (Wildman–Crippen LogP) is 8.45. The third kappa shape index (κ3) is 6.30. The Balaban J connectivity index is 1.55. The minimum atomic E-state index is -4.43. The average molecular weight is 560 g/mol. The summed E-state index contributed by atoms with van der Waals surface area (Å²) in [4.78, 5) is 0. The summed E-state index contributed by atoms with van der Waals surface area (Å²) in [5.74, 6) is 0. The molecule has 0 heterocycles. The molecule has 206 valence electrons. The fraction of sp³-hybridized carbons (Fsp3) is 0.162. The standard InChI is InChI=1S/C37H34O3S/c1-25-9-7-10-26(2)34(25)23-29-15-19-31(20-16-29)37(33-13-5-6-14-36(33)41(38,39)40)32-21-17-30(18-22-32)24-35-27(3)11-8-12-28(35)4/h5-22H,23-24H2,1-4H3/p+1. The molecule has 0 bridgehead atoms. The van der Waals surface area contributed by atoms with Crippen molar-refractivity contribution in [1.29, 1.82) is 0 Å². The van der Waals surface area contributed by atoms with E-state index in [-0.39, 0.29) is 5.25 Å². The van der Waals surface area contributed by atoms with Gasteiger partial charge in [0.1, 0.15) is 5.57 Å². The van der Waals surface area contributed by atoms with E-state index in [9.17, 15) is 13.0 Å². The molecule has 0 aromatic heterocycles. The van der Waals surface area contributed by atoms with Crippen LogP contribution in [-0.2, 0) is 23.0 Å². The zero-order chi connectivity index (χ0) is 29.1. The maximum Gasteiger partial charge on any atom is 0.331 e. The molecule has 0 fully saturated rings. The van der Waals surface area contributed by atoms with Crippen molar-refractivity contribution in [3.63, 3.8) is 0 Å². The molecule has 1 aliphatic carbocycles. The molecule has 0 atom stereocenters. The molecule has 0 unspecified atom stereocenters. The lowest BCUT2D eigenvalue weighted by Crippen LogP contribution is -2.14. The van der Waals surface area contributed by atoms with Crippen molar-refractivity contribution in [3.8, 4) is 0 Å². The topological polar surface area (TPSA) is 54.4 Å². The van der Waals surface area contributed by atoms with Crippen LogP contribution >= 0.6 is 0 Å². The average Bonchev–Trinajstić information content (AvgIpc) is 2.94. The normalized spacial score (nSPS) is 13.1. The van der Waals surface area contributed by atoms with Gasteiger partial charge in [0.25, 0.3) is 0 Å². The SMILES string of the molecule is Cc1cccc(C)c1Cc1ccc(C(=C2C=CC=C[C+]2S(=O)(=O)O)c2ccc(Cc3c(C)cccc3C)cc2)cc1. The van der Waals surface area contributed by atoms with E-state index in [1.54, 1.807) is 18.2 Å². The maximum absolute atomic E-state index is 12.4. The van der Waals surface area contributed by atoms with Crippen LogP contribution in [0, 0.1) is 32.9 Å². The van der Waals surface area contributed by atoms with E-state index in [1.807, 2.05) is 24.3 Å². The Bertz CT molecular complexity index is 1630. The maximum atomic E-state index is 12.4. The lowest BCUT2D eigenvalue weighted by atomic mass is 9.87. The summed E-state index contributed by atoms with van der Waals surface area (Å²) in [7, 11) is -4.43. The summed E-state index contributed by atoms with van der Waals surface area (Å²) in [6.07, 6.45) is 8.29. The van der Waals surface area contributed by atoms with Crippen LogP contribution in [0.25, 0.3) is 5.57 Å². The van der Waals surface area contributed by atoms with Gasteiger partial charge in [0.2, 0.25) is 0 Å². The van der Waals surface area contributed by atoms with E-state index in [4.69, 9.17) is 0 Å². The summed E-state index contributed by atoms with van der Waals surface area (Å²) < 4.78 is 34.9. The highest BCUT2D eigenvalue weighted by Gasteiger charge is 2.35. The Kier molecular flexibility index (Phi) is 8.16. The molecule has 5 rings (SSSR count). The van der Waals surface area contributed by atoms with Gasteiger partial charge in [-0.05, 0) is 109 Å². The van der Waals surface area contributed by atoms with Crippen molar-refractivity contribution in [3.05, 3.63) is 176 Å². The third-order valence-corrected chi connectivity index (χ3v) is 8.88. The molecule has 0 saturated carbocycles. The van der Waals surface area contributed by atoms with Gasteiger partial charge >= 0.3 is 10.1 Å². The number of rotatable bonds is 7. The zero-order valence-electron chi connectivity index (χ0n) is 24.0. The van der Waals surface area contributed by atoms with Gasteiger partial charge in [0.15, 0.2) is 5.25 Å². The second-order valence-corrected chi connectivity index (χ2v) is 12.2. The molecule has 4 aromatic rings. The number of hydrogen-bond donors (Lipinski definition) is 1. The summed E-state index contributed by atoms with van der Waals surface area (Å²) in [6, 6.07) is 29.3. The molecule has 3 nitrogen and oxygen atoms in total. The molecular weight excluding hydrogens is 524 g/mol. The third-order valence-electron chi connectivity index (χ3n) is 7.97. The largest absolute Gasteiger partial charge is 0.331 e. The van der Waals surface area contributed by atoms with Gasteiger partial charge < -0.3 is 0 Å². The lowest BCUT2D eigenvalue weighted by Gasteiger charge is -2.15. The van der Waals surface area contributed by atoms with Crippen LogP contribution in [0.15, 0.2) is 115 Å². The van der Waals surface area contributed by atoms with Crippen LogP contribution < -0.4 is 0 Å². The van der Waals surface area contributed by atoms with Crippen LogP contribution in [0.4, 0.5) is 0 Å².